The minimum absolute atomic E-state index is 0.0546. The van der Waals surface area contributed by atoms with Crippen LogP contribution in [0.5, 0.6) is 0 Å². The molecule has 2 aromatic rings. The average Bonchev–Trinajstić information content (AvgIpc) is 3.12. The van der Waals surface area contributed by atoms with E-state index < -0.39 is 0 Å². The number of pyridine rings is 1. The van der Waals surface area contributed by atoms with Crippen LogP contribution in [0.25, 0.3) is 0 Å². The smallest absolute Gasteiger partial charge is 0.317 e. The van der Waals surface area contributed by atoms with E-state index in [9.17, 15) is 9.59 Å². The highest BCUT2D eigenvalue weighted by atomic mass is 32.1. The Morgan fingerprint density at radius 2 is 1.96 bits per heavy atom. The van der Waals surface area contributed by atoms with Crippen LogP contribution in [0.4, 0.5) is 4.79 Å². The number of nitrogens with one attached hydrogen (secondary N) is 1. The fraction of sp³-hybridized carbons (Fsp3) is 0.444. The van der Waals surface area contributed by atoms with Crippen LogP contribution in [0, 0.1) is 6.92 Å². The summed E-state index contributed by atoms with van der Waals surface area (Å²) in [6.45, 7) is 6.27. The largest absolute Gasteiger partial charge is 0.334 e. The van der Waals surface area contributed by atoms with Crippen LogP contribution < -0.4 is 10.9 Å². The maximum Gasteiger partial charge on any atom is 0.317 e. The molecule has 0 unspecified atom stereocenters. The number of amides is 2. The Bertz CT molecular complexity index is 777. The van der Waals surface area contributed by atoms with Crippen LogP contribution in [0.1, 0.15) is 16.1 Å². The van der Waals surface area contributed by atoms with E-state index in [0.29, 0.717) is 18.7 Å². The zero-order valence-corrected chi connectivity index (χ0v) is 15.5. The maximum atomic E-state index is 12.3. The van der Waals surface area contributed by atoms with Gasteiger partial charge in [0.05, 0.1) is 0 Å². The number of urea groups is 1. The number of hydrogen-bond acceptors (Lipinski definition) is 4. The van der Waals surface area contributed by atoms with E-state index in [1.54, 1.807) is 29.0 Å². The SMILES string of the molecule is Cc1ccc(CNC(=O)N2CCN(Cc3cccs3)CC2)c(=O)n1C. The Labute approximate surface area is 151 Å². The van der Waals surface area contributed by atoms with Crippen molar-refractivity contribution in [2.75, 3.05) is 26.2 Å². The highest BCUT2D eigenvalue weighted by Gasteiger charge is 2.21. The second-order valence-electron chi connectivity index (χ2n) is 6.37. The van der Waals surface area contributed by atoms with Crippen molar-refractivity contribution in [3.8, 4) is 0 Å². The molecule has 0 aliphatic carbocycles. The van der Waals surface area contributed by atoms with E-state index in [0.717, 1.165) is 25.3 Å². The molecule has 1 fully saturated rings. The summed E-state index contributed by atoms with van der Waals surface area (Å²) in [6, 6.07) is 7.80. The lowest BCUT2D eigenvalue weighted by atomic mass is 10.2. The highest BCUT2D eigenvalue weighted by Crippen LogP contribution is 2.13. The molecular weight excluding hydrogens is 336 g/mol. The van der Waals surface area contributed by atoms with E-state index in [-0.39, 0.29) is 18.1 Å². The summed E-state index contributed by atoms with van der Waals surface area (Å²) in [5, 5.41) is 4.97. The summed E-state index contributed by atoms with van der Waals surface area (Å²) < 4.78 is 1.60. The monoisotopic (exact) mass is 360 g/mol. The first-order valence-corrected chi connectivity index (χ1v) is 9.35. The number of aromatic nitrogens is 1. The van der Waals surface area contributed by atoms with Crippen LogP contribution in [0.15, 0.2) is 34.4 Å². The Kier molecular flexibility index (Phi) is 5.55. The Morgan fingerprint density at radius 1 is 1.20 bits per heavy atom. The quantitative estimate of drug-likeness (QED) is 0.904. The van der Waals surface area contributed by atoms with Crippen molar-refractivity contribution in [3.63, 3.8) is 0 Å². The van der Waals surface area contributed by atoms with Crippen LogP contribution in [0.2, 0.25) is 0 Å². The minimum Gasteiger partial charge on any atom is -0.334 e. The van der Waals surface area contributed by atoms with Crippen LogP contribution in [-0.4, -0.2) is 46.6 Å². The van der Waals surface area contributed by atoms with Crippen molar-refractivity contribution in [2.45, 2.75) is 20.0 Å². The topological polar surface area (TPSA) is 57.6 Å². The van der Waals surface area contributed by atoms with E-state index in [2.05, 4.69) is 27.7 Å². The number of thiophene rings is 1. The van der Waals surface area contributed by atoms with E-state index >= 15 is 0 Å². The van der Waals surface area contributed by atoms with Crippen LogP contribution in [0.3, 0.4) is 0 Å². The lowest BCUT2D eigenvalue weighted by Crippen LogP contribution is -2.51. The fourth-order valence-corrected chi connectivity index (χ4v) is 3.68. The summed E-state index contributed by atoms with van der Waals surface area (Å²) in [5.74, 6) is 0. The number of piperazine rings is 1. The van der Waals surface area contributed by atoms with Crippen molar-refractivity contribution >= 4 is 17.4 Å². The second-order valence-corrected chi connectivity index (χ2v) is 7.40. The van der Waals surface area contributed by atoms with Crippen molar-refractivity contribution in [1.29, 1.82) is 0 Å². The summed E-state index contributed by atoms with van der Waals surface area (Å²) in [5.41, 5.74) is 1.46. The van der Waals surface area contributed by atoms with Gasteiger partial charge in [-0.25, -0.2) is 4.79 Å². The van der Waals surface area contributed by atoms with Crippen LogP contribution >= 0.6 is 11.3 Å². The third kappa shape index (κ3) is 4.29. The molecule has 7 heteroatoms. The number of hydrogen-bond donors (Lipinski definition) is 1. The predicted octanol–water partition coefficient (Wildman–Crippen LogP) is 1.78. The summed E-state index contributed by atoms with van der Waals surface area (Å²) in [7, 11) is 1.75. The van der Waals surface area contributed by atoms with E-state index in [1.807, 2.05) is 17.9 Å². The van der Waals surface area contributed by atoms with Crippen molar-refractivity contribution < 1.29 is 4.79 Å². The van der Waals surface area contributed by atoms with Gasteiger partial charge in [-0.3, -0.25) is 9.69 Å². The molecule has 1 saturated heterocycles. The standard InChI is InChI=1S/C18H24N4O2S/c1-14-5-6-15(17(23)20(14)2)12-19-18(24)22-9-7-21(8-10-22)13-16-4-3-11-25-16/h3-6,11H,7-10,12-13H2,1-2H3,(H,19,24). The zero-order chi connectivity index (χ0) is 17.8. The van der Waals surface area contributed by atoms with Gasteiger partial charge in [0.15, 0.2) is 0 Å². The van der Waals surface area contributed by atoms with Gasteiger partial charge < -0.3 is 14.8 Å². The van der Waals surface area contributed by atoms with Gasteiger partial charge in [-0.15, -0.1) is 11.3 Å². The fourth-order valence-electron chi connectivity index (χ4n) is 2.93. The Morgan fingerprint density at radius 3 is 2.64 bits per heavy atom. The Hall–Kier alpha value is -2.12. The van der Waals surface area contributed by atoms with Gasteiger partial charge in [-0.2, -0.15) is 0 Å². The molecule has 0 radical (unpaired) electrons. The van der Waals surface area contributed by atoms with Gasteiger partial charge in [-0.1, -0.05) is 12.1 Å². The Balaban J connectivity index is 1.48. The third-order valence-electron chi connectivity index (χ3n) is 4.68. The summed E-state index contributed by atoms with van der Waals surface area (Å²) in [4.78, 5) is 30.1. The molecule has 0 bridgehead atoms. The molecule has 1 aliphatic heterocycles. The van der Waals surface area contributed by atoms with Crippen LogP contribution in [-0.2, 0) is 20.1 Å². The molecule has 1 aliphatic rings. The third-order valence-corrected chi connectivity index (χ3v) is 5.54. The van der Waals surface area contributed by atoms with Gasteiger partial charge in [0.2, 0.25) is 0 Å². The normalized spacial score (nSPS) is 15.4. The van der Waals surface area contributed by atoms with Gasteiger partial charge in [0, 0.05) is 62.5 Å². The molecular formula is C18H24N4O2S. The lowest BCUT2D eigenvalue weighted by molar-refractivity contribution is 0.135. The van der Waals surface area contributed by atoms with Gasteiger partial charge >= 0.3 is 6.03 Å². The molecule has 0 atom stereocenters. The van der Waals surface area contributed by atoms with Gasteiger partial charge in [0.25, 0.3) is 5.56 Å². The molecule has 0 spiro atoms. The molecule has 1 N–H and O–H groups in total. The van der Waals surface area contributed by atoms with Crippen molar-refractivity contribution in [1.82, 2.24) is 19.7 Å². The van der Waals surface area contributed by atoms with Gasteiger partial charge in [-0.05, 0) is 24.4 Å². The molecule has 3 rings (SSSR count). The number of nitrogens with zero attached hydrogens (tertiary/aromatic N) is 3. The number of rotatable bonds is 4. The molecule has 3 heterocycles. The van der Waals surface area contributed by atoms with Gasteiger partial charge in [0.1, 0.15) is 0 Å². The highest BCUT2D eigenvalue weighted by molar-refractivity contribution is 7.09. The first-order chi connectivity index (χ1) is 12.0. The molecule has 2 aromatic heterocycles. The number of aryl methyl sites for hydroxylation is 1. The number of carbonyl (C=O) groups excluding carboxylic acids is 1. The molecule has 2 amide bonds. The summed E-state index contributed by atoms with van der Waals surface area (Å²) >= 11 is 1.77. The van der Waals surface area contributed by atoms with Crippen molar-refractivity contribution in [2.24, 2.45) is 7.05 Å². The minimum atomic E-state index is -0.0987. The molecule has 6 nitrogen and oxygen atoms in total. The zero-order valence-electron chi connectivity index (χ0n) is 14.7. The second kappa shape index (κ2) is 7.84. The average molecular weight is 360 g/mol. The molecule has 0 aromatic carbocycles. The predicted molar refractivity (Wildman–Crippen MR) is 99.8 cm³/mol. The first-order valence-electron chi connectivity index (χ1n) is 8.47. The maximum absolute atomic E-state index is 12.3. The number of carbonyl (C=O) groups is 1. The molecule has 25 heavy (non-hydrogen) atoms. The lowest BCUT2D eigenvalue weighted by Gasteiger charge is -2.34. The van der Waals surface area contributed by atoms with E-state index in [1.165, 1.54) is 4.88 Å². The molecule has 134 valence electrons. The summed E-state index contributed by atoms with van der Waals surface area (Å²) in [6.07, 6.45) is 0. The first kappa shape index (κ1) is 17.7. The van der Waals surface area contributed by atoms with Crippen molar-refractivity contribution in [3.05, 3.63) is 56.1 Å². The van der Waals surface area contributed by atoms with E-state index in [4.69, 9.17) is 0 Å². The molecule has 0 saturated carbocycles.